The van der Waals surface area contributed by atoms with Gasteiger partial charge in [0.25, 0.3) is 0 Å². The minimum Gasteiger partial charge on any atom is -0.497 e. The van der Waals surface area contributed by atoms with Crippen molar-refractivity contribution in [3.8, 4) is 28.4 Å². The lowest BCUT2D eigenvalue weighted by molar-refractivity contribution is 0.122. The van der Waals surface area contributed by atoms with E-state index < -0.39 is 5.60 Å². The number of benzene rings is 7. The number of rotatable bonds is 8. The molecule has 0 amide bonds. The van der Waals surface area contributed by atoms with Gasteiger partial charge in [-0.1, -0.05) is 115 Å². The quantitative estimate of drug-likeness (QED) is 0.142. The SMILES string of the molecule is COc1ccc(C2(c3ccc(OC)cc3)C=Cc3c4c(c5cc(N6CCOCC6)c(SC)cc5c3O2)-c2ccccc2C42CCC(c3ccccc3)(c3ccccc3)CC2)cc1. The molecule has 7 aromatic carbocycles. The van der Waals surface area contributed by atoms with E-state index in [9.17, 15) is 0 Å². The molecule has 2 aliphatic heterocycles. The Morgan fingerprint density at radius 2 is 1.16 bits per heavy atom. The highest BCUT2D eigenvalue weighted by molar-refractivity contribution is 7.98. The molecule has 0 N–H and O–H groups in total. The van der Waals surface area contributed by atoms with E-state index in [2.05, 4.69) is 145 Å². The van der Waals surface area contributed by atoms with Gasteiger partial charge in [-0.3, -0.25) is 0 Å². The van der Waals surface area contributed by atoms with Crippen LogP contribution in [-0.2, 0) is 21.2 Å². The van der Waals surface area contributed by atoms with Crippen molar-refractivity contribution in [3.05, 3.63) is 191 Å². The van der Waals surface area contributed by atoms with Crippen LogP contribution in [0, 0.1) is 0 Å². The van der Waals surface area contributed by atoms with Gasteiger partial charge in [0, 0.05) is 50.9 Å². The van der Waals surface area contributed by atoms with Gasteiger partial charge >= 0.3 is 0 Å². The molecule has 0 radical (unpaired) electrons. The van der Waals surface area contributed by atoms with Crippen LogP contribution in [0.3, 0.4) is 0 Å². The molecule has 0 aromatic heterocycles. The highest BCUT2D eigenvalue weighted by Crippen LogP contribution is 2.65. The van der Waals surface area contributed by atoms with Gasteiger partial charge in [0.2, 0.25) is 0 Å². The van der Waals surface area contributed by atoms with Crippen LogP contribution in [-0.4, -0.2) is 46.8 Å². The van der Waals surface area contributed by atoms with Crippen LogP contribution in [0.5, 0.6) is 17.2 Å². The van der Waals surface area contributed by atoms with Crippen molar-refractivity contribution in [2.45, 2.75) is 47.0 Å². The predicted octanol–water partition coefficient (Wildman–Crippen LogP) is 12.6. The molecule has 5 nitrogen and oxygen atoms in total. The molecular formula is C56H51NO4S. The van der Waals surface area contributed by atoms with Gasteiger partial charge in [0.05, 0.1) is 33.1 Å². The molecule has 310 valence electrons. The number of methoxy groups -OCH3 is 2. The summed E-state index contributed by atoms with van der Waals surface area (Å²) in [5.74, 6) is 2.55. The first-order valence-corrected chi connectivity index (χ1v) is 23.2. The number of nitrogens with zero attached hydrogens (tertiary/aromatic N) is 1. The predicted molar refractivity (Wildman–Crippen MR) is 254 cm³/mol. The Labute approximate surface area is 369 Å². The van der Waals surface area contributed by atoms with Crippen LogP contribution >= 0.6 is 11.8 Å². The van der Waals surface area contributed by atoms with Crippen LogP contribution in [0.4, 0.5) is 5.69 Å². The third kappa shape index (κ3) is 5.94. The van der Waals surface area contributed by atoms with Crippen molar-refractivity contribution in [2.24, 2.45) is 0 Å². The van der Waals surface area contributed by atoms with E-state index in [0.717, 1.165) is 85.7 Å². The Balaban J connectivity index is 1.18. The zero-order valence-electron chi connectivity index (χ0n) is 35.7. The summed E-state index contributed by atoms with van der Waals surface area (Å²) in [7, 11) is 3.43. The van der Waals surface area contributed by atoms with E-state index in [4.69, 9.17) is 18.9 Å². The Morgan fingerprint density at radius 3 is 1.74 bits per heavy atom. The standard InChI is InChI=1S/C56H51NO4S/c1-58-42-22-18-40(19-23-42)56(41-20-24-43(59-2)25-21-41)27-26-45-52-51(46-36-49(57-32-34-60-35-33-57)50(62-3)37-47(46)53(45)61-56)44-16-10-11-17-48(44)55(52)30-28-54(29-31-55,38-12-6-4-7-13-38)39-14-8-5-9-15-39/h4-27,36-37H,28-35H2,1-3H3. The summed E-state index contributed by atoms with van der Waals surface area (Å²) in [4.78, 5) is 3.76. The summed E-state index contributed by atoms with van der Waals surface area (Å²) in [6.07, 6.45) is 11.0. The van der Waals surface area contributed by atoms with Gasteiger partial charge in [0.15, 0.2) is 5.60 Å². The third-order valence-electron chi connectivity index (χ3n) is 14.5. The summed E-state index contributed by atoms with van der Waals surface area (Å²) in [5.41, 5.74) is 11.7. The van der Waals surface area contributed by atoms with E-state index in [1.54, 1.807) is 14.2 Å². The minimum atomic E-state index is -0.921. The highest BCUT2D eigenvalue weighted by atomic mass is 32.2. The zero-order chi connectivity index (χ0) is 41.9. The second kappa shape index (κ2) is 15.4. The Kier molecular flexibility index (Phi) is 9.70. The van der Waals surface area contributed by atoms with Gasteiger partial charge in [-0.2, -0.15) is 0 Å². The van der Waals surface area contributed by atoms with Gasteiger partial charge in [-0.05, 0) is 113 Å². The maximum absolute atomic E-state index is 7.86. The number of thioether (sulfide) groups is 1. The summed E-state index contributed by atoms with van der Waals surface area (Å²) >= 11 is 1.81. The fourth-order valence-corrected chi connectivity index (χ4v) is 12.1. The molecule has 0 unspecified atom stereocenters. The van der Waals surface area contributed by atoms with Crippen LogP contribution in [0.2, 0.25) is 0 Å². The lowest BCUT2D eigenvalue weighted by atomic mass is 9.56. The van der Waals surface area contributed by atoms with E-state index in [0.29, 0.717) is 0 Å². The number of hydrogen-bond donors (Lipinski definition) is 0. The summed E-state index contributed by atoms with van der Waals surface area (Å²) < 4.78 is 25.0. The molecule has 0 atom stereocenters. The number of hydrogen-bond acceptors (Lipinski definition) is 6. The van der Waals surface area contributed by atoms with Gasteiger partial charge in [-0.25, -0.2) is 0 Å². The molecule has 0 bridgehead atoms. The maximum atomic E-state index is 7.86. The zero-order valence-corrected chi connectivity index (χ0v) is 36.5. The monoisotopic (exact) mass is 833 g/mol. The van der Waals surface area contributed by atoms with Gasteiger partial charge in [-0.15, -0.1) is 11.8 Å². The average molecular weight is 834 g/mol. The van der Waals surface area contributed by atoms with Crippen molar-refractivity contribution < 1.29 is 18.9 Å². The van der Waals surface area contributed by atoms with Crippen LogP contribution < -0.4 is 19.1 Å². The van der Waals surface area contributed by atoms with E-state index in [1.165, 1.54) is 54.9 Å². The summed E-state index contributed by atoms with van der Waals surface area (Å²) in [5, 5.41) is 2.39. The van der Waals surface area contributed by atoms with Crippen molar-refractivity contribution >= 4 is 34.3 Å². The van der Waals surface area contributed by atoms with Crippen LogP contribution in [0.1, 0.15) is 64.6 Å². The summed E-state index contributed by atoms with van der Waals surface area (Å²) in [6, 6.07) is 53.4. The van der Waals surface area contributed by atoms with Crippen LogP contribution in [0.15, 0.2) is 157 Å². The van der Waals surface area contributed by atoms with Gasteiger partial charge in [0.1, 0.15) is 17.2 Å². The molecule has 4 aliphatic rings. The van der Waals surface area contributed by atoms with Crippen LogP contribution in [0.25, 0.3) is 28.0 Å². The van der Waals surface area contributed by atoms with Gasteiger partial charge < -0.3 is 23.8 Å². The first-order valence-electron chi connectivity index (χ1n) is 21.9. The minimum absolute atomic E-state index is 0.0939. The largest absolute Gasteiger partial charge is 0.497 e. The summed E-state index contributed by atoms with van der Waals surface area (Å²) in [6.45, 7) is 3.19. The molecule has 2 heterocycles. The average Bonchev–Trinajstić information content (AvgIpc) is 3.64. The normalized spacial score (nSPS) is 17.8. The first kappa shape index (κ1) is 38.9. The molecule has 6 heteroatoms. The number of morpholine rings is 1. The van der Waals surface area contributed by atoms with E-state index >= 15 is 0 Å². The highest BCUT2D eigenvalue weighted by Gasteiger charge is 2.53. The van der Waals surface area contributed by atoms with E-state index in [1.807, 2.05) is 36.0 Å². The first-order chi connectivity index (χ1) is 30.5. The fourth-order valence-electron chi connectivity index (χ4n) is 11.4. The smallest absolute Gasteiger partial charge is 0.178 e. The molecule has 1 saturated carbocycles. The fraction of sp³-hybridized carbons (Fsp3) is 0.250. The van der Waals surface area contributed by atoms with Crippen molar-refractivity contribution in [1.82, 2.24) is 0 Å². The Hall–Kier alpha value is -5.95. The molecular weight excluding hydrogens is 783 g/mol. The molecule has 2 aliphatic carbocycles. The number of fused-ring (bicyclic) bond motifs is 10. The molecule has 2 fully saturated rings. The van der Waals surface area contributed by atoms with E-state index in [-0.39, 0.29) is 10.8 Å². The molecule has 11 rings (SSSR count). The van der Waals surface area contributed by atoms with Crippen molar-refractivity contribution in [2.75, 3.05) is 51.7 Å². The number of ether oxygens (including phenoxy) is 4. The third-order valence-corrected chi connectivity index (χ3v) is 15.3. The second-order valence-electron chi connectivity index (χ2n) is 17.2. The van der Waals surface area contributed by atoms with Crippen molar-refractivity contribution in [3.63, 3.8) is 0 Å². The lowest BCUT2D eigenvalue weighted by Crippen LogP contribution is -2.41. The Morgan fingerprint density at radius 1 is 0.597 bits per heavy atom. The molecule has 1 spiro atoms. The topological polar surface area (TPSA) is 40.2 Å². The molecule has 62 heavy (non-hydrogen) atoms. The second-order valence-corrected chi connectivity index (χ2v) is 18.1. The lowest BCUT2D eigenvalue weighted by Gasteiger charge is -2.48. The molecule has 7 aromatic rings. The maximum Gasteiger partial charge on any atom is 0.178 e. The Bertz CT molecular complexity index is 2710. The van der Waals surface area contributed by atoms with Crippen molar-refractivity contribution in [1.29, 1.82) is 0 Å². The molecule has 1 saturated heterocycles. The number of anilines is 1.